The lowest BCUT2D eigenvalue weighted by Crippen LogP contribution is -2.28. The Balaban J connectivity index is 1.48. The zero-order valence-electron chi connectivity index (χ0n) is 16.6. The van der Waals surface area contributed by atoms with Gasteiger partial charge in [0.1, 0.15) is 5.82 Å². The van der Waals surface area contributed by atoms with Crippen molar-refractivity contribution in [2.24, 2.45) is 0 Å². The second kappa shape index (κ2) is 9.73. The molecule has 7 heteroatoms. The average Bonchev–Trinajstić information content (AvgIpc) is 3.44. The van der Waals surface area contributed by atoms with Crippen LogP contribution >= 0.6 is 23.1 Å². The number of aromatic nitrogens is 3. The molecule has 0 aliphatic carbocycles. The molecule has 5 nitrogen and oxygen atoms in total. The maximum absolute atomic E-state index is 12.5. The van der Waals surface area contributed by atoms with Crippen molar-refractivity contribution in [3.63, 3.8) is 0 Å². The third-order valence-electron chi connectivity index (χ3n) is 4.64. The van der Waals surface area contributed by atoms with Gasteiger partial charge in [-0.25, -0.2) is 0 Å². The Morgan fingerprint density at radius 2 is 1.77 bits per heavy atom. The molecular formula is C23H22N4OS2. The van der Waals surface area contributed by atoms with E-state index in [1.165, 1.54) is 16.6 Å². The third kappa shape index (κ3) is 4.98. The maximum Gasteiger partial charge on any atom is 0.230 e. The van der Waals surface area contributed by atoms with Gasteiger partial charge in [0.2, 0.25) is 5.91 Å². The van der Waals surface area contributed by atoms with Gasteiger partial charge in [0.25, 0.3) is 0 Å². The SMILES string of the molecule is CC(NC(=O)CSc1nnc(Cc2cccs2)n1-c1ccccc1)c1ccccc1. The van der Waals surface area contributed by atoms with Crippen molar-refractivity contribution in [3.8, 4) is 5.69 Å². The number of hydrogen-bond acceptors (Lipinski definition) is 5. The second-order valence-corrected chi connectivity index (χ2v) is 8.79. The molecule has 0 saturated heterocycles. The lowest BCUT2D eigenvalue weighted by atomic mass is 10.1. The van der Waals surface area contributed by atoms with Gasteiger partial charge in [0.05, 0.1) is 11.8 Å². The molecule has 1 N–H and O–H groups in total. The van der Waals surface area contributed by atoms with Crippen molar-refractivity contribution < 1.29 is 4.79 Å². The molecular weight excluding hydrogens is 412 g/mol. The fourth-order valence-electron chi connectivity index (χ4n) is 3.15. The van der Waals surface area contributed by atoms with E-state index in [1.54, 1.807) is 11.3 Å². The maximum atomic E-state index is 12.5. The molecule has 0 radical (unpaired) electrons. The van der Waals surface area contributed by atoms with E-state index in [1.807, 2.05) is 78.2 Å². The Kier molecular flexibility index (Phi) is 6.61. The molecule has 0 aliphatic heterocycles. The van der Waals surface area contributed by atoms with E-state index in [-0.39, 0.29) is 17.7 Å². The zero-order valence-corrected chi connectivity index (χ0v) is 18.2. The van der Waals surface area contributed by atoms with E-state index in [2.05, 4.69) is 27.0 Å². The number of para-hydroxylation sites is 1. The Morgan fingerprint density at radius 3 is 2.47 bits per heavy atom. The minimum Gasteiger partial charge on any atom is -0.349 e. The molecule has 2 aromatic heterocycles. The van der Waals surface area contributed by atoms with Crippen molar-refractivity contribution >= 4 is 29.0 Å². The van der Waals surface area contributed by atoms with E-state index < -0.39 is 0 Å². The molecule has 0 spiro atoms. The number of nitrogens with one attached hydrogen (secondary N) is 1. The number of carbonyl (C=O) groups is 1. The largest absolute Gasteiger partial charge is 0.349 e. The van der Waals surface area contributed by atoms with Gasteiger partial charge >= 0.3 is 0 Å². The predicted octanol–water partition coefficient (Wildman–Crippen LogP) is 4.89. The summed E-state index contributed by atoms with van der Waals surface area (Å²) in [5.74, 6) is 1.12. The van der Waals surface area contributed by atoms with Gasteiger partial charge < -0.3 is 5.32 Å². The molecule has 1 amide bonds. The summed E-state index contributed by atoms with van der Waals surface area (Å²) in [7, 11) is 0. The fraction of sp³-hybridized carbons (Fsp3) is 0.174. The van der Waals surface area contributed by atoms with Crippen molar-refractivity contribution in [1.29, 1.82) is 0 Å². The molecule has 152 valence electrons. The monoisotopic (exact) mass is 434 g/mol. The van der Waals surface area contributed by atoms with Crippen LogP contribution in [-0.2, 0) is 11.2 Å². The van der Waals surface area contributed by atoms with Crippen LogP contribution in [0.4, 0.5) is 0 Å². The Hall–Kier alpha value is -2.90. The average molecular weight is 435 g/mol. The molecule has 0 aliphatic rings. The van der Waals surface area contributed by atoms with Crippen LogP contribution in [0.5, 0.6) is 0 Å². The minimum atomic E-state index is -0.0410. The molecule has 0 saturated carbocycles. The van der Waals surface area contributed by atoms with Gasteiger partial charge in [-0.3, -0.25) is 9.36 Å². The summed E-state index contributed by atoms with van der Waals surface area (Å²) in [5, 5.41) is 14.6. The Labute approximate surface area is 184 Å². The molecule has 1 unspecified atom stereocenters. The molecule has 0 bridgehead atoms. The summed E-state index contributed by atoms with van der Waals surface area (Å²) in [6.07, 6.45) is 0.706. The van der Waals surface area contributed by atoms with Gasteiger partial charge in [-0.1, -0.05) is 66.4 Å². The number of rotatable bonds is 8. The van der Waals surface area contributed by atoms with Crippen LogP contribution in [0.3, 0.4) is 0 Å². The lowest BCUT2D eigenvalue weighted by molar-refractivity contribution is -0.119. The van der Waals surface area contributed by atoms with Gasteiger partial charge in [0.15, 0.2) is 5.16 Å². The second-order valence-electron chi connectivity index (χ2n) is 6.81. The summed E-state index contributed by atoms with van der Waals surface area (Å²) in [6, 6.07) is 24.1. The lowest BCUT2D eigenvalue weighted by Gasteiger charge is -2.14. The summed E-state index contributed by atoms with van der Waals surface area (Å²) < 4.78 is 2.04. The molecule has 30 heavy (non-hydrogen) atoms. The zero-order chi connectivity index (χ0) is 20.8. The first-order valence-corrected chi connectivity index (χ1v) is 11.6. The highest BCUT2D eigenvalue weighted by atomic mass is 32.2. The highest BCUT2D eigenvalue weighted by Crippen LogP contribution is 2.24. The van der Waals surface area contributed by atoms with Crippen molar-refractivity contribution in [1.82, 2.24) is 20.1 Å². The first kappa shape index (κ1) is 20.4. The van der Waals surface area contributed by atoms with Crippen molar-refractivity contribution in [2.45, 2.75) is 24.5 Å². The normalized spacial score (nSPS) is 11.9. The molecule has 4 rings (SSSR count). The van der Waals surface area contributed by atoms with E-state index in [9.17, 15) is 4.79 Å². The number of hydrogen-bond donors (Lipinski definition) is 1. The summed E-state index contributed by atoms with van der Waals surface area (Å²) >= 11 is 3.10. The number of thiophene rings is 1. The number of thioether (sulfide) groups is 1. The summed E-state index contributed by atoms with van der Waals surface area (Å²) in [5.41, 5.74) is 2.08. The van der Waals surface area contributed by atoms with Gasteiger partial charge in [-0.05, 0) is 36.1 Å². The van der Waals surface area contributed by atoms with Gasteiger partial charge in [0, 0.05) is 17.0 Å². The fourth-order valence-corrected chi connectivity index (χ4v) is 4.64. The molecule has 1 atom stereocenters. The standard InChI is InChI=1S/C23H22N4OS2/c1-17(18-9-4-2-5-10-18)24-22(28)16-30-23-26-25-21(15-20-13-8-14-29-20)27(23)19-11-6-3-7-12-19/h2-14,17H,15-16H2,1H3,(H,24,28). The highest BCUT2D eigenvalue weighted by Gasteiger charge is 2.17. The number of nitrogens with zero attached hydrogens (tertiary/aromatic N) is 3. The first-order chi connectivity index (χ1) is 14.7. The number of carbonyl (C=O) groups excluding carboxylic acids is 1. The number of amides is 1. The molecule has 2 aromatic carbocycles. The van der Waals surface area contributed by atoms with Crippen LogP contribution in [-0.4, -0.2) is 26.4 Å². The minimum absolute atomic E-state index is 0.0289. The molecule has 0 fully saturated rings. The van der Waals surface area contributed by atoms with E-state index >= 15 is 0 Å². The summed E-state index contributed by atoms with van der Waals surface area (Å²) in [4.78, 5) is 13.8. The Morgan fingerprint density at radius 1 is 1.03 bits per heavy atom. The van der Waals surface area contributed by atoms with Crippen LogP contribution in [0, 0.1) is 0 Å². The quantitative estimate of drug-likeness (QED) is 0.401. The van der Waals surface area contributed by atoms with Crippen LogP contribution in [0.1, 0.15) is 29.2 Å². The predicted molar refractivity (Wildman–Crippen MR) is 122 cm³/mol. The first-order valence-electron chi connectivity index (χ1n) is 9.70. The van der Waals surface area contributed by atoms with Crippen molar-refractivity contribution in [3.05, 3.63) is 94.4 Å². The van der Waals surface area contributed by atoms with E-state index in [0.717, 1.165) is 22.2 Å². The van der Waals surface area contributed by atoms with Crippen LogP contribution < -0.4 is 5.32 Å². The topological polar surface area (TPSA) is 59.8 Å². The molecule has 2 heterocycles. The van der Waals surface area contributed by atoms with Gasteiger partial charge in [-0.2, -0.15) is 0 Å². The van der Waals surface area contributed by atoms with Crippen LogP contribution in [0.15, 0.2) is 83.3 Å². The smallest absolute Gasteiger partial charge is 0.230 e. The third-order valence-corrected chi connectivity index (χ3v) is 6.44. The van der Waals surface area contributed by atoms with Crippen molar-refractivity contribution in [2.75, 3.05) is 5.75 Å². The van der Waals surface area contributed by atoms with Gasteiger partial charge in [-0.15, -0.1) is 21.5 Å². The Bertz CT molecular complexity index is 1080. The highest BCUT2D eigenvalue weighted by molar-refractivity contribution is 7.99. The van der Waals surface area contributed by atoms with Crippen LogP contribution in [0.2, 0.25) is 0 Å². The van der Waals surface area contributed by atoms with E-state index in [0.29, 0.717) is 6.42 Å². The summed E-state index contributed by atoms with van der Waals surface area (Å²) in [6.45, 7) is 1.99. The number of benzene rings is 2. The van der Waals surface area contributed by atoms with Crippen LogP contribution in [0.25, 0.3) is 5.69 Å². The van der Waals surface area contributed by atoms with E-state index in [4.69, 9.17) is 0 Å². The molecule has 4 aromatic rings.